The molecule has 0 aromatic carbocycles. The van der Waals surface area contributed by atoms with Crippen molar-refractivity contribution >= 4 is 11.9 Å². The highest BCUT2D eigenvalue weighted by Crippen LogP contribution is 2.13. The maximum absolute atomic E-state index is 10.2. The van der Waals surface area contributed by atoms with Crippen LogP contribution in [0.5, 0.6) is 0 Å². The van der Waals surface area contributed by atoms with Crippen molar-refractivity contribution in [3.05, 3.63) is 0 Å². The number of aliphatic carboxylic acids is 1. The molecule has 0 aliphatic carbocycles. The van der Waals surface area contributed by atoms with Crippen LogP contribution in [0.25, 0.3) is 0 Å². The molecule has 1 atom stereocenters. The fourth-order valence-corrected chi connectivity index (χ4v) is 0.827. The van der Waals surface area contributed by atoms with E-state index in [1.54, 1.807) is 0 Å². The van der Waals surface area contributed by atoms with Crippen LogP contribution in [0.15, 0.2) is 5.16 Å². The van der Waals surface area contributed by atoms with Crippen LogP contribution in [-0.2, 0) is 14.4 Å². The van der Waals surface area contributed by atoms with E-state index in [2.05, 4.69) is 5.16 Å². The standard InChI is InChI=1S/C6H9NO4/c1-10-5-2-4(11-7-5)3-6(8)9/h4H,2-3H2,1H3,(H,8,9). The van der Waals surface area contributed by atoms with Crippen LogP contribution in [0.4, 0.5) is 0 Å². The van der Waals surface area contributed by atoms with Gasteiger partial charge < -0.3 is 14.7 Å². The lowest BCUT2D eigenvalue weighted by atomic mass is 10.2. The molecule has 0 saturated carbocycles. The highest BCUT2D eigenvalue weighted by atomic mass is 16.7. The number of hydrogen-bond donors (Lipinski definition) is 1. The minimum Gasteiger partial charge on any atom is -0.482 e. The quantitative estimate of drug-likeness (QED) is 0.625. The minimum atomic E-state index is -0.887. The van der Waals surface area contributed by atoms with Gasteiger partial charge in [0.25, 0.3) is 0 Å². The van der Waals surface area contributed by atoms with E-state index in [-0.39, 0.29) is 12.5 Å². The SMILES string of the molecule is COC1=NOC(CC(=O)O)C1. The Labute approximate surface area is 63.6 Å². The molecule has 0 aromatic rings. The van der Waals surface area contributed by atoms with Crippen LogP contribution in [-0.4, -0.2) is 30.2 Å². The second-order valence-electron chi connectivity index (χ2n) is 2.22. The summed E-state index contributed by atoms with van der Waals surface area (Å²) in [6, 6.07) is 0. The smallest absolute Gasteiger partial charge is 0.307 e. The monoisotopic (exact) mass is 159 g/mol. The van der Waals surface area contributed by atoms with E-state index in [0.717, 1.165) is 0 Å². The van der Waals surface area contributed by atoms with E-state index < -0.39 is 5.97 Å². The summed E-state index contributed by atoms with van der Waals surface area (Å²) in [4.78, 5) is 14.9. The third-order valence-electron chi connectivity index (χ3n) is 1.34. The first-order chi connectivity index (χ1) is 5.22. The van der Waals surface area contributed by atoms with Crippen molar-refractivity contribution in [3.63, 3.8) is 0 Å². The van der Waals surface area contributed by atoms with Crippen LogP contribution < -0.4 is 0 Å². The zero-order valence-electron chi connectivity index (χ0n) is 6.11. The number of methoxy groups -OCH3 is 1. The molecule has 0 fully saturated rings. The normalized spacial score (nSPS) is 22.3. The van der Waals surface area contributed by atoms with Crippen LogP contribution in [0.2, 0.25) is 0 Å². The Morgan fingerprint density at radius 3 is 3.18 bits per heavy atom. The van der Waals surface area contributed by atoms with Gasteiger partial charge in [-0.2, -0.15) is 0 Å². The molecule has 0 bridgehead atoms. The van der Waals surface area contributed by atoms with Crippen molar-refractivity contribution in [2.75, 3.05) is 7.11 Å². The van der Waals surface area contributed by atoms with Gasteiger partial charge in [0.2, 0.25) is 5.90 Å². The molecule has 5 nitrogen and oxygen atoms in total. The molecule has 62 valence electrons. The fourth-order valence-electron chi connectivity index (χ4n) is 0.827. The molecular weight excluding hydrogens is 150 g/mol. The summed E-state index contributed by atoms with van der Waals surface area (Å²) >= 11 is 0. The predicted molar refractivity (Wildman–Crippen MR) is 36.2 cm³/mol. The average Bonchev–Trinajstić information content (AvgIpc) is 2.34. The summed E-state index contributed by atoms with van der Waals surface area (Å²) in [7, 11) is 1.48. The molecule has 0 saturated heterocycles. The minimum absolute atomic E-state index is 0.0314. The number of ether oxygens (including phenoxy) is 1. The summed E-state index contributed by atoms with van der Waals surface area (Å²) < 4.78 is 4.76. The lowest BCUT2D eigenvalue weighted by Crippen LogP contribution is -2.13. The number of nitrogens with zero attached hydrogens (tertiary/aromatic N) is 1. The van der Waals surface area contributed by atoms with E-state index in [4.69, 9.17) is 14.7 Å². The number of oxime groups is 1. The molecule has 5 heteroatoms. The number of carbonyl (C=O) groups is 1. The molecule has 11 heavy (non-hydrogen) atoms. The van der Waals surface area contributed by atoms with Crippen molar-refractivity contribution < 1.29 is 19.5 Å². The number of carboxylic acids is 1. The van der Waals surface area contributed by atoms with Gasteiger partial charge in [-0.1, -0.05) is 5.16 Å². The van der Waals surface area contributed by atoms with Gasteiger partial charge >= 0.3 is 5.97 Å². The van der Waals surface area contributed by atoms with E-state index in [1.165, 1.54) is 7.11 Å². The zero-order chi connectivity index (χ0) is 8.27. The Bertz CT molecular complexity index is 189. The Kier molecular flexibility index (Phi) is 2.30. The van der Waals surface area contributed by atoms with Crippen molar-refractivity contribution in [1.29, 1.82) is 0 Å². The molecule has 1 aliphatic heterocycles. The number of carboxylic acid groups (broad SMARTS) is 1. The Balaban J connectivity index is 2.30. The summed E-state index contributed by atoms with van der Waals surface area (Å²) in [5.74, 6) is -0.432. The highest BCUT2D eigenvalue weighted by molar-refractivity contribution is 5.78. The van der Waals surface area contributed by atoms with Crippen molar-refractivity contribution in [2.45, 2.75) is 18.9 Å². The van der Waals surface area contributed by atoms with Crippen LogP contribution >= 0.6 is 0 Å². The topological polar surface area (TPSA) is 68.1 Å². The molecule has 0 amide bonds. The molecule has 1 aliphatic rings. The van der Waals surface area contributed by atoms with Crippen LogP contribution in [0.3, 0.4) is 0 Å². The van der Waals surface area contributed by atoms with Crippen LogP contribution in [0, 0.1) is 0 Å². The summed E-state index contributed by atoms with van der Waals surface area (Å²) in [5.41, 5.74) is 0. The van der Waals surface area contributed by atoms with Gasteiger partial charge in [0, 0.05) is 0 Å². The van der Waals surface area contributed by atoms with E-state index >= 15 is 0 Å². The van der Waals surface area contributed by atoms with E-state index in [9.17, 15) is 4.79 Å². The van der Waals surface area contributed by atoms with Gasteiger partial charge in [0.05, 0.1) is 20.0 Å². The summed E-state index contributed by atoms with van der Waals surface area (Å²) in [5, 5.41) is 11.9. The first-order valence-electron chi connectivity index (χ1n) is 3.21. The van der Waals surface area contributed by atoms with Gasteiger partial charge in [-0.15, -0.1) is 0 Å². The molecular formula is C6H9NO4. The lowest BCUT2D eigenvalue weighted by molar-refractivity contribution is -0.139. The van der Waals surface area contributed by atoms with Gasteiger partial charge in [0.1, 0.15) is 6.10 Å². The maximum Gasteiger partial charge on any atom is 0.307 e. The lowest BCUT2D eigenvalue weighted by Gasteiger charge is -2.01. The third-order valence-corrected chi connectivity index (χ3v) is 1.34. The van der Waals surface area contributed by atoms with Gasteiger partial charge in [0.15, 0.2) is 0 Å². The maximum atomic E-state index is 10.2. The molecule has 0 spiro atoms. The van der Waals surface area contributed by atoms with E-state index in [0.29, 0.717) is 12.3 Å². The molecule has 1 unspecified atom stereocenters. The Morgan fingerprint density at radius 1 is 2.00 bits per heavy atom. The van der Waals surface area contributed by atoms with Gasteiger partial charge in [-0.3, -0.25) is 4.79 Å². The number of hydrogen-bond acceptors (Lipinski definition) is 4. The molecule has 0 radical (unpaired) electrons. The highest BCUT2D eigenvalue weighted by Gasteiger charge is 2.23. The summed E-state index contributed by atoms with van der Waals surface area (Å²) in [6.07, 6.45) is 0.0570. The van der Waals surface area contributed by atoms with Crippen molar-refractivity contribution in [3.8, 4) is 0 Å². The summed E-state index contributed by atoms with van der Waals surface area (Å²) in [6.45, 7) is 0. The first kappa shape index (κ1) is 7.84. The molecule has 0 aromatic heterocycles. The first-order valence-corrected chi connectivity index (χ1v) is 3.21. The van der Waals surface area contributed by atoms with E-state index in [1.807, 2.05) is 0 Å². The fraction of sp³-hybridized carbons (Fsp3) is 0.667. The second-order valence-corrected chi connectivity index (χ2v) is 2.22. The van der Waals surface area contributed by atoms with Crippen LogP contribution in [0.1, 0.15) is 12.8 Å². The predicted octanol–water partition coefficient (Wildman–Crippen LogP) is 0.210. The molecule has 1 heterocycles. The van der Waals surface area contributed by atoms with Gasteiger partial charge in [-0.25, -0.2) is 0 Å². The van der Waals surface area contributed by atoms with Gasteiger partial charge in [-0.05, 0) is 0 Å². The Morgan fingerprint density at radius 2 is 2.73 bits per heavy atom. The number of rotatable bonds is 2. The van der Waals surface area contributed by atoms with Crippen molar-refractivity contribution in [2.24, 2.45) is 5.16 Å². The zero-order valence-corrected chi connectivity index (χ0v) is 6.11. The average molecular weight is 159 g/mol. The molecule has 1 rings (SSSR count). The molecule has 1 N–H and O–H groups in total. The van der Waals surface area contributed by atoms with Crippen molar-refractivity contribution in [1.82, 2.24) is 0 Å². The largest absolute Gasteiger partial charge is 0.482 e. The third kappa shape index (κ3) is 2.10. The Hall–Kier alpha value is -1.26. The second kappa shape index (κ2) is 3.23.